The Morgan fingerprint density at radius 2 is 2.24 bits per heavy atom. The first-order valence-corrected chi connectivity index (χ1v) is 7.90. The Hall–Kier alpha value is -1.13. The number of hydrogen-bond acceptors (Lipinski definition) is 3. The van der Waals surface area contributed by atoms with Crippen molar-refractivity contribution in [3.63, 3.8) is 0 Å². The molecule has 0 radical (unpaired) electrons. The van der Waals surface area contributed by atoms with Crippen molar-refractivity contribution < 1.29 is 9.13 Å². The molecule has 1 aromatic carbocycles. The number of methoxy groups -OCH3 is 1. The summed E-state index contributed by atoms with van der Waals surface area (Å²) in [7, 11) is 1.59. The van der Waals surface area contributed by atoms with Gasteiger partial charge >= 0.3 is 0 Å². The number of likely N-dealkylation sites (tertiary alicyclic amines) is 1. The summed E-state index contributed by atoms with van der Waals surface area (Å²) in [5.41, 5.74) is 6.62. The van der Waals surface area contributed by atoms with Gasteiger partial charge in [-0.3, -0.25) is 4.90 Å². The summed E-state index contributed by atoms with van der Waals surface area (Å²) in [5.74, 6) is 1.16. The second-order valence-corrected chi connectivity index (χ2v) is 5.96. The highest BCUT2D eigenvalue weighted by Gasteiger charge is 2.32. The van der Waals surface area contributed by atoms with Crippen molar-refractivity contribution in [3.05, 3.63) is 29.6 Å². The van der Waals surface area contributed by atoms with Crippen LogP contribution < -0.4 is 10.5 Å². The first-order valence-electron chi connectivity index (χ1n) is 7.90. The lowest BCUT2D eigenvalue weighted by Gasteiger charge is -2.42. The summed E-state index contributed by atoms with van der Waals surface area (Å²) in [6.45, 7) is 5.88. The van der Waals surface area contributed by atoms with Crippen molar-refractivity contribution in [3.8, 4) is 5.75 Å². The Morgan fingerprint density at radius 1 is 1.48 bits per heavy atom. The highest BCUT2D eigenvalue weighted by Crippen LogP contribution is 2.36. The van der Waals surface area contributed by atoms with Crippen molar-refractivity contribution in [2.75, 3.05) is 20.2 Å². The molecule has 0 bridgehead atoms. The van der Waals surface area contributed by atoms with Gasteiger partial charge in [0.05, 0.1) is 7.11 Å². The van der Waals surface area contributed by atoms with E-state index in [-0.39, 0.29) is 11.9 Å². The van der Waals surface area contributed by atoms with Crippen molar-refractivity contribution in [2.45, 2.75) is 45.2 Å². The molecule has 3 nitrogen and oxygen atoms in total. The van der Waals surface area contributed by atoms with Gasteiger partial charge in [0.15, 0.2) is 0 Å². The van der Waals surface area contributed by atoms with Crippen LogP contribution in [0.2, 0.25) is 0 Å². The number of ether oxygens (including phenoxy) is 1. The molecule has 1 heterocycles. The van der Waals surface area contributed by atoms with Crippen LogP contribution in [0.3, 0.4) is 0 Å². The first-order chi connectivity index (χ1) is 10.1. The smallest absolute Gasteiger partial charge is 0.131 e. The van der Waals surface area contributed by atoms with E-state index in [9.17, 15) is 4.39 Å². The molecule has 1 aliphatic rings. The maximum atomic E-state index is 14.3. The van der Waals surface area contributed by atoms with E-state index in [0.29, 0.717) is 23.9 Å². The van der Waals surface area contributed by atoms with Gasteiger partial charge in [-0.25, -0.2) is 4.39 Å². The van der Waals surface area contributed by atoms with E-state index in [1.54, 1.807) is 13.2 Å². The molecule has 0 aromatic heterocycles. The fourth-order valence-corrected chi connectivity index (χ4v) is 3.53. The molecule has 3 unspecified atom stereocenters. The minimum Gasteiger partial charge on any atom is -0.496 e. The topological polar surface area (TPSA) is 38.5 Å². The molecule has 21 heavy (non-hydrogen) atoms. The number of benzene rings is 1. The Labute approximate surface area is 127 Å². The molecule has 1 saturated heterocycles. The Kier molecular flexibility index (Phi) is 5.59. The SMILES string of the molecule is CCC1CCN(C(C)c2c(F)cccc2OC)C(CN)C1. The molecule has 0 amide bonds. The molecule has 0 spiro atoms. The summed E-state index contributed by atoms with van der Waals surface area (Å²) in [6, 6.07) is 5.32. The van der Waals surface area contributed by atoms with E-state index in [4.69, 9.17) is 10.5 Å². The summed E-state index contributed by atoms with van der Waals surface area (Å²) >= 11 is 0. The highest BCUT2D eigenvalue weighted by atomic mass is 19.1. The Balaban J connectivity index is 2.25. The maximum absolute atomic E-state index is 14.3. The van der Waals surface area contributed by atoms with Crippen molar-refractivity contribution >= 4 is 0 Å². The molecular formula is C17H27FN2O. The van der Waals surface area contributed by atoms with E-state index in [1.807, 2.05) is 6.07 Å². The molecule has 0 saturated carbocycles. The van der Waals surface area contributed by atoms with Gasteiger partial charge in [-0.15, -0.1) is 0 Å². The lowest BCUT2D eigenvalue weighted by atomic mass is 9.87. The molecule has 3 atom stereocenters. The monoisotopic (exact) mass is 294 g/mol. The zero-order valence-corrected chi connectivity index (χ0v) is 13.3. The third-order valence-electron chi connectivity index (χ3n) is 4.87. The van der Waals surface area contributed by atoms with Crippen LogP contribution in [0.15, 0.2) is 18.2 Å². The number of nitrogens with zero attached hydrogens (tertiary/aromatic N) is 1. The molecule has 118 valence electrons. The lowest BCUT2D eigenvalue weighted by Crippen LogP contribution is -2.47. The summed E-state index contributed by atoms with van der Waals surface area (Å²) in [6.07, 6.45) is 3.46. The average Bonchev–Trinajstić information content (AvgIpc) is 2.53. The van der Waals surface area contributed by atoms with Crippen LogP contribution in [0.1, 0.15) is 44.7 Å². The molecule has 1 aromatic rings. The second-order valence-electron chi connectivity index (χ2n) is 5.96. The largest absolute Gasteiger partial charge is 0.496 e. The molecular weight excluding hydrogens is 267 g/mol. The predicted octanol–water partition coefficient (Wildman–Crippen LogP) is 3.34. The number of rotatable bonds is 5. The minimum absolute atomic E-state index is 0.0208. The minimum atomic E-state index is -0.199. The van der Waals surface area contributed by atoms with Gasteiger partial charge in [-0.05, 0) is 44.4 Å². The molecule has 0 aliphatic carbocycles. The lowest BCUT2D eigenvalue weighted by molar-refractivity contribution is 0.0746. The first kappa shape index (κ1) is 16.2. The van der Waals surface area contributed by atoms with Gasteiger partial charge in [0, 0.05) is 24.2 Å². The zero-order valence-electron chi connectivity index (χ0n) is 13.3. The van der Waals surface area contributed by atoms with Gasteiger partial charge in [0.25, 0.3) is 0 Å². The number of nitrogens with two attached hydrogens (primary N) is 1. The van der Waals surface area contributed by atoms with Crippen LogP contribution in [0.4, 0.5) is 4.39 Å². The number of hydrogen-bond donors (Lipinski definition) is 1. The quantitative estimate of drug-likeness (QED) is 0.905. The molecule has 1 aliphatic heterocycles. The van der Waals surface area contributed by atoms with Crippen LogP contribution in [0, 0.1) is 11.7 Å². The van der Waals surface area contributed by atoms with Crippen molar-refractivity contribution in [1.29, 1.82) is 0 Å². The van der Waals surface area contributed by atoms with Crippen LogP contribution in [0.25, 0.3) is 0 Å². The Bertz CT molecular complexity index is 466. The van der Waals surface area contributed by atoms with Crippen molar-refractivity contribution in [1.82, 2.24) is 4.90 Å². The zero-order chi connectivity index (χ0) is 15.4. The fraction of sp³-hybridized carbons (Fsp3) is 0.647. The Morgan fingerprint density at radius 3 is 2.86 bits per heavy atom. The molecule has 2 rings (SSSR count). The van der Waals surface area contributed by atoms with Gasteiger partial charge < -0.3 is 10.5 Å². The second kappa shape index (κ2) is 7.23. The third-order valence-corrected chi connectivity index (χ3v) is 4.87. The van der Waals surface area contributed by atoms with Crippen molar-refractivity contribution in [2.24, 2.45) is 11.7 Å². The van der Waals surface area contributed by atoms with Crippen LogP contribution >= 0.6 is 0 Å². The number of halogens is 1. The van der Waals surface area contributed by atoms with Gasteiger partial charge in [-0.2, -0.15) is 0 Å². The van der Waals surface area contributed by atoms with Gasteiger partial charge in [0.1, 0.15) is 11.6 Å². The number of piperidine rings is 1. The molecule has 4 heteroatoms. The van der Waals surface area contributed by atoms with Gasteiger partial charge in [0.2, 0.25) is 0 Å². The van der Waals surface area contributed by atoms with Crippen LogP contribution in [-0.2, 0) is 0 Å². The van der Waals surface area contributed by atoms with E-state index in [0.717, 1.165) is 25.3 Å². The highest BCUT2D eigenvalue weighted by molar-refractivity contribution is 5.37. The molecule has 1 fully saturated rings. The van der Waals surface area contributed by atoms with E-state index in [1.165, 1.54) is 12.5 Å². The molecule has 2 N–H and O–H groups in total. The summed E-state index contributed by atoms with van der Waals surface area (Å²) < 4.78 is 19.6. The third kappa shape index (κ3) is 3.38. The van der Waals surface area contributed by atoms with E-state index in [2.05, 4.69) is 18.7 Å². The van der Waals surface area contributed by atoms with E-state index < -0.39 is 0 Å². The predicted molar refractivity (Wildman–Crippen MR) is 83.9 cm³/mol. The van der Waals surface area contributed by atoms with Crippen LogP contribution in [-0.4, -0.2) is 31.1 Å². The van der Waals surface area contributed by atoms with Crippen LogP contribution in [0.5, 0.6) is 5.75 Å². The standard InChI is InChI=1S/C17H27FN2O/c1-4-13-8-9-20(14(10-13)11-19)12(2)17-15(18)6-5-7-16(17)21-3/h5-7,12-14H,4,8-11,19H2,1-3H3. The normalized spacial score (nSPS) is 24.8. The summed E-state index contributed by atoms with van der Waals surface area (Å²) in [5, 5.41) is 0. The summed E-state index contributed by atoms with van der Waals surface area (Å²) in [4.78, 5) is 2.34. The van der Waals surface area contributed by atoms with E-state index >= 15 is 0 Å². The van der Waals surface area contributed by atoms with Gasteiger partial charge in [-0.1, -0.05) is 19.4 Å². The maximum Gasteiger partial charge on any atom is 0.131 e. The average molecular weight is 294 g/mol. The fourth-order valence-electron chi connectivity index (χ4n) is 3.53.